The largest absolute Gasteiger partial charge is 0.451 e. The van der Waals surface area contributed by atoms with Gasteiger partial charge in [-0.2, -0.15) is 0 Å². The molecule has 1 aliphatic rings. The Kier molecular flexibility index (Phi) is 7.10. The van der Waals surface area contributed by atoms with Crippen molar-refractivity contribution < 1.29 is 36.3 Å². The normalized spacial score (nSPS) is 22.9. The number of aliphatic hydroxyl groups excluding tert-OH is 1. The second-order valence-corrected chi connectivity index (χ2v) is 12.3. The highest BCUT2D eigenvalue weighted by Gasteiger charge is 2.40. The molecule has 10 nitrogen and oxygen atoms in total. The fourth-order valence-electron chi connectivity index (χ4n) is 2.76. The van der Waals surface area contributed by atoms with Crippen LogP contribution < -0.4 is 10.0 Å². The zero-order chi connectivity index (χ0) is 22.1. The van der Waals surface area contributed by atoms with Gasteiger partial charge < -0.3 is 15.2 Å². The molecule has 0 radical (unpaired) electrons. The van der Waals surface area contributed by atoms with Crippen LogP contribution in [0.1, 0.15) is 45.7 Å². The summed E-state index contributed by atoms with van der Waals surface area (Å²) in [6.07, 6.45) is -2.64. The van der Waals surface area contributed by atoms with Crippen molar-refractivity contribution in [3.63, 3.8) is 0 Å². The molecule has 0 saturated carbocycles. The topological polar surface area (TPSA) is 156 Å². The summed E-state index contributed by atoms with van der Waals surface area (Å²) in [4.78, 5) is 23.5. The van der Waals surface area contributed by atoms with Gasteiger partial charge in [-0.15, -0.1) is 11.3 Å². The molecule has 164 valence electrons. The van der Waals surface area contributed by atoms with E-state index in [1.807, 2.05) is 6.92 Å². The third kappa shape index (κ3) is 4.97. The number of nitrogens with one attached hydrogen (secondary N) is 2. The van der Waals surface area contributed by atoms with Crippen molar-refractivity contribution in [2.24, 2.45) is 0 Å². The quantitative estimate of drug-likeness (QED) is 0.472. The van der Waals surface area contributed by atoms with Crippen LogP contribution in [0.15, 0.2) is 14.5 Å². The molecule has 13 heteroatoms. The molecule has 0 spiro atoms. The first-order valence-electron chi connectivity index (χ1n) is 8.87. The van der Waals surface area contributed by atoms with Gasteiger partial charge in [-0.3, -0.25) is 4.79 Å². The zero-order valence-electron chi connectivity index (χ0n) is 16.3. The summed E-state index contributed by atoms with van der Waals surface area (Å²) in [5.74, 6) is -2.20. The van der Waals surface area contributed by atoms with E-state index >= 15 is 0 Å². The molecule has 2 rings (SSSR count). The summed E-state index contributed by atoms with van der Waals surface area (Å²) in [7, 11) is -8.07. The number of carbonyl (C=O) groups is 2. The van der Waals surface area contributed by atoms with Crippen LogP contribution in [0.3, 0.4) is 0 Å². The van der Waals surface area contributed by atoms with Crippen LogP contribution in [0.25, 0.3) is 0 Å². The molecule has 1 aromatic rings. The minimum atomic E-state index is -4.39. The first-order valence-corrected chi connectivity index (χ1v) is 12.7. The number of rotatable bonds is 7. The van der Waals surface area contributed by atoms with E-state index in [2.05, 4.69) is 10.1 Å². The highest BCUT2D eigenvalue weighted by atomic mass is 32.3. The molecule has 0 aromatic carbocycles. The predicted molar refractivity (Wildman–Crippen MR) is 105 cm³/mol. The van der Waals surface area contributed by atoms with Gasteiger partial charge >= 0.3 is 5.97 Å². The van der Waals surface area contributed by atoms with E-state index in [0.717, 1.165) is 13.8 Å². The second kappa shape index (κ2) is 8.68. The number of hydrogen-bond acceptors (Lipinski definition) is 10. The molecule has 1 aromatic heterocycles. The van der Waals surface area contributed by atoms with Gasteiger partial charge in [0.1, 0.15) is 14.5 Å². The number of amides is 1. The highest BCUT2D eigenvalue weighted by Crippen LogP contribution is 2.42. The maximum Gasteiger partial charge on any atom is 0.335 e. The number of esters is 1. The molecule has 1 aliphatic heterocycles. The molecule has 4 atom stereocenters. The van der Waals surface area contributed by atoms with Crippen LogP contribution in [0.5, 0.6) is 0 Å². The smallest absolute Gasteiger partial charge is 0.335 e. The van der Waals surface area contributed by atoms with Crippen LogP contribution >= 0.6 is 11.3 Å². The second-order valence-electron chi connectivity index (χ2n) is 6.73. The lowest BCUT2D eigenvalue weighted by Gasteiger charge is -2.27. The molecular formula is C16H24N2O8S3. The maximum atomic E-state index is 12.6. The summed E-state index contributed by atoms with van der Waals surface area (Å²) in [5.41, 5.74) is 0.358. The van der Waals surface area contributed by atoms with Crippen molar-refractivity contribution >= 4 is 43.1 Å². The van der Waals surface area contributed by atoms with Gasteiger partial charge in [0.05, 0.1) is 5.25 Å². The summed E-state index contributed by atoms with van der Waals surface area (Å²) in [5, 5.41) is 11.6. The standard InChI is InChI=1S/C16H24N2O8S3/c1-5-17-12-6-8(2)28(22,23)16-11(12)7-13(27-16)29(24,25)18-14(20)10(4)26-15(21)9(3)19/h7-10,12,17,19H,5-6H2,1-4H3,(H,18,20)/t8-,9-,10-,12-/m0/s1. The van der Waals surface area contributed by atoms with Crippen LogP contribution in [-0.4, -0.2) is 57.8 Å². The van der Waals surface area contributed by atoms with Crippen LogP contribution in [-0.2, 0) is 34.2 Å². The van der Waals surface area contributed by atoms with Crippen LogP contribution in [0.4, 0.5) is 0 Å². The molecule has 3 N–H and O–H groups in total. The van der Waals surface area contributed by atoms with E-state index in [9.17, 15) is 26.4 Å². The summed E-state index contributed by atoms with van der Waals surface area (Å²) in [6.45, 7) is 6.28. The summed E-state index contributed by atoms with van der Waals surface area (Å²) < 4.78 is 56.6. The predicted octanol–water partition coefficient (Wildman–Crippen LogP) is 0.0820. The Balaban J connectivity index is 2.32. The van der Waals surface area contributed by atoms with Crippen molar-refractivity contribution in [1.29, 1.82) is 0 Å². The molecule has 29 heavy (non-hydrogen) atoms. The Labute approximate surface area is 173 Å². The van der Waals surface area contributed by atoms with E-state index in [1.165, 1.54) is 6.07 Å². The first-order chi connectivity index (χ1) is 13.3. The van der Waals surface area contributed by atoms with E-state index in [0.29, 0.717) is 29.9 Å². The molecule has 0 aliphatic carbocycles. The third-order valence-electron chi connectivity index (χ3n) is 4.39. The molecule has 0 fully saturated rings. The Bertz CT molecular complexity index is 997. The SMILES string of the molecule is CCN[C@H]1C[C@H](C)S(=O)(=O)c2sc(S(=O)(=O)NC(=O)[C@H](C)OC(=O)[C@H](C)O)cc21. The van der Waals surface area contributed by atoms with E-state index in [-0.39, 0.29) is 14.5 Å². The molecule has 1 amide bonds. The minimum absolute atomic E-state index is 0.0383. The maximum absolute atomic E-state index is 12.6. The Morgan fingerprint density at radius 3 is 2.55 bits per heavy atom. The summed E-state index contributed by atoms with van der Waals surface area (Å²) in [6, 6.07) is 0.925. The van der Waals surface area contributed by atoms with Gasteiger partial charge in [-0.05, 0) is 39.8 Å². The third-order valence-corrected chi connectivity index (χ3v) is 10.1. The lowest BCUT2D eigenvalue weighted by molar-refractivity contribution is -0.161. The lowest BCUT2D eigenvalue weighted by Crippen LogP contribution is -2.40. The van der Waals surface area contributed by atoms with Crippen molar-refractivity contribution in [3.05, 3.63) is 11.6 Å². The molecule has 0 saturated heterocycles. The Morgan fingerprint density at radius 2 is 2.00 bits per heavy atom. The molecule has 2 heterocycles. The number of sulfonamides is 1. The average molecular weight is 469 g/mol. The zero-order valence-corrected chi connectivity index (χ0v) is 18.8. The van der Waals surface area contributed by atoms with Crippen molar-refractivity contribution in [3.8, 4) is 0 Å². The Hall–Kier alpha value is -1.54. The van der Waals surface area contributed by atoms with Gasteiger partial charge in [0.25, 0.3) is 15.9 Å². The first kappa shape index (κ1) is 23.7. The van der Waals surface area contributed by atoms with Crippen molar-refractivity contribution in [1.82, 2.24) is 10.0 Å². The molecule has 0 bridgehead atoms. The van der Waals surface area contributed by atoms with Gasteiger partial charge in [0.2, 0.25) is 0 Å². The molecule has 0 unspecified atom stereocenters. The number of sulfone groups is 1. The highest BCUT2D eigenvalue weighted by molar-refractivity contribution is 7.95. The van der Waals surface area contributed by atoms with Crippen molar-refractivity contribution in [2.45, 2.75) is 66.0 Å². The van der Waals surface area contributed by atoms with Crippen LogP contribution in [0.2, 0.25) is 0 Å². The fourth-order valence-corrected chi connectivity index (χ4v) is 7.80. The number of aliphatic hydroxyl groups is 1. The Morgan fingerprint density at radius 1 is 1.38 bits per heavy atom. The van der Waals surface area contributed by atoms with Gasteiger partial charge in [0.15, 0.2) is 15.9 Å². The molecular weight excluding hydrogens is 444 g/mol. The van der Waals surface area contributed by atoms with Crippen LogP contribution in [0, 0.1) is 0 Å². The monoisotopic (exact) mass is 468 g/mol. The number of fused-ring (bicyclic) bond motifs is 1. The van der Waals surface area contributed by atoms with Crippen molar-refractivity contribution in [2.75, 3.05) is 6.54 Å². The number of carbonyl (C=O) groups excluding carboxylic acids is 2. The summed E-state index contributed by atoms with van der Waals surface area (Å²) >= 11 is 0.577. The van der Waals surface area contributed by atoms with Gasteiger partial charge in [0, 0.05) is 11.6 Å². The van der Waals surface area contributed by atoms with E-state index in [1.54, 1.807) is 11.6 Å². The lowest BCUT2D eigenvalue weighted by atomic mass is 10.1. The number of hydrogen-bond donors (Lipinski definition) is 3. The van der Waals surface area contributed by atoms with Gasteiger partial charge in [-0.1, -0.05) is 6.92 Å². The minimum Gasteiger partial charge on any atom is -0.451 e. The van der Waals surface area contributed by atoms with E-state index in [4.69, 9.17) is 5.11 Å². The average Bonchev–Trinajstić information content (AvgIpc) is 3.07. The fraction of sp³-hybridized carbons (Fsp3) is 0.625. The van der Waals surface area contributed by atoms with Gasteiger partial charge in [-0.25, -0.2) is 26.4 Å². The number of thiophene rings is 1. The van der Waals surface area contributed by atoms with E-state index < -0.39 is 49.2 Å². The number of ether oxygens (including phenoxy) is 1.